The Balaban J connectivity index is 1.59. The van der Waals surface area contributed by atoms with Gasteiger partial charge in [-0.1, -0.05) is 47.1 Å². The van der Waals surface area contributed by atoms with Gasteiger partial charge in [0.2, 0.25) is 5.91 Å². The maximum Gasteiger partial charge on any atom is 0.239 e. The summed E-state index contributed by atoms with van der Waals surface area (Å²) in [6.07, 6.45) is 3.67. The molecule has 1 amide bonds. The van der Waals surface area contributed by atoms with Crippen molar-refractivity contribution in [3.8, 4) is 0 Å². The van der Waals surface area contributed by atoms with Crippen molar-refractivity contribution in [2.24, 2.45) is 5.73 Å². The zero-order chi connectivity index (χ0) is 20.6. The van der Waals surface area contributed by atoms with Crippen LogP contribution in [0.1, 0.15) is 44.4 Å². The van der Waals surface area contributed by atoms with Gasteiger partial charge in [-0.05, 0) is 63.3 Å². The molecule has 1 saturated carbocycles. The van der Waals surface area contributed by atoms with Crippen molar-refractivity contribution in [1.29, 1.82) is 0 Å². The Morgan fingerprint density at radius 1 is 1.31 bits per heavy atom. The highest BCUT2D eigenvalue weighted by Crippen LogP contribution is 2.53. The largest absolute Gasteiger partial charge is 0.356 e. The molecule has 1 aliphatic rings. The molecule has 2 unspecified atom stereocenters. The van der Waals surface area contributed by atoms with Crippen LogP contribution in [0.4, 0.5) is 0 Å². The van der Waals surface area contributed by atoms with Gasteiger partial charge >= 0.3 is 0 Å². The Morgan fingerprint density at radius 2 is 2.07 bits per heavy atom. The van der Waals surface area contributed by atoms with E-state index in [0.29, 0.717) is 10.6 Å². The van der Waals surface area contributed by atoms with Crippen LogP contribution in [0.5, 0.6) is 0 Å². The van der Waals surface area contributed by atoms with Crippen LogP contribution in [0.2, 0.25) is 5.02 Å². The number of carbonyl (C=O) groups excluding carboxylic acids is 1. The van der Waals surface area contributed by atoms with Gasteiger partial charge in [-0.25, -0.2) is 0 Å². The first-order valence-electron chi connectivity index (χ1n) is 9.99. The van der Waals surface area contributed by atoms with Crippen molar-refractivity contribution < 1.29 is 9.32 Å². The molecule has 0 bridgehead atoms. The summed E-state index contributed by atoms with van der Waals surface area (Å²) in [6, 6.07) is 15.9. The van der Waals surface area contributed by atoms with Gasteiger partial charge in [-0.3, -0.25) is 4.79 Å². The maximum absolute atomic E-state index is 12.5. The number of carbonyl (C=O) groups is 1. The smallest absolute Gasteiger partial charge is 0.239 e. The number of fused-ring (bicyclic) bond motifs is 1. The Labute approximate surface area is 175 Å². The third-order valence-electron chi connectivity index (χ3n) is 5.80. The molecule has 4 rings (SSSR count). The number of aryl methyl sites for hydroxylation is 1. The molecule has 6 heteroatoms. The lowest BCUT2D eigenvalue weighted by Crippen LogP contribution is -2.50. The molecule has 2 atom stereocenters. The van der Waals surface area contributed by atoms with E-state index in [1.165, 1.54) is 5.56 Å². The minimum atomic E-state index is -0.923. The molecular weight excluding hydrogens is 386 g/mol. The highest BCUT2D eigenvalue weighted by Gasteiger charge is 2.58. The number of halogens is 1. The van der Waals surface area contributed by atoms with Gasteiger partial charge in [-0.15, -0.1) is 0 Å². The summed E-state index contributed by atoms with van der Waals surface area (Å²) in [4.78, 5) is 12.5. The van der Waals surface area contributed by atoms with Crippen molar-refractivity contribution in [1.82, 2.24) is 10.5 Å². The standard InChI is InChI=1S/C23H26ClN3O2/c1-22(2,25)21(28)26-19-14-23(19,12-6-9-15-7-4-3-5-8-15)20-17-13-16(24)10-11-18(17)29-27-20/h3-5,7-8,10-11,13,19H,6,9,12,14,25H2,1-2H3,(H,26,28). The summed E-state index contributed by atoms with van der Waals surface area (Å²) in [5, 5.41) is 9.08. The van der Waals surface area contributed by atoms with Crippen LogP contribution >= 0.6 is 11.6 Å². The molecule has 3 aromatic rings. The minimum absolute atomic E-state index is 0.0131. The molecule has 29 heavy (non-hydrogen) atoms. The van der Waals surface area contributed by atoms with E-state index >= 15 is 0 Å². The van der Waals surface area contributed by atoms with E-state index in [2.05, 4.69) is 34.7 Å². The third-order valence-corrected chi connectivity index (χ3v) is 6.04. The molecule has 0 radical (unpaired) electrons. The van der Waals surface area contributed by atoms with E-state index < -0.39 is 5.54 Å². The summed E-state index contributed by atoms with van der Waals surface area (Å²) in [6.45, 7) is 3.43. The molecule has 152 valence electrons. The van der Waals surface area contributed by atoms with Crippen molar-refractivity contribution in [2.75, 3.05) is 0 Å². The average molecular weight is 412 g/mol. The highest BCUT2D eigenvalue weighted by molar-refractivity contribution is 6.31. The molecule has 0 spiro atoms. The van der Waals surface area contributed by atoms with Gasteiger partial charge in [0, 0.05) is 21.9 Å². The molecule has 1 heterocycles. The second-order valence-corrected chi connectivity index (χ2v) is 9.06. The molecule has 1 aromatic heterocycles. The zero-order valence-corrected chi connectivity index (χ0v) is 17.5. The van der Waals surface area contributed by atoms with Gasteiger partial charge in [-0.2, -0.15) is 0 Å². The number of rotatable bonds is 7. The Kier molecular flexibility index (Phi) is 5.13. The summed E-state index contributed by atoms with van der Waals surface area (Å²) in [5.74, 6) is -0.154. The fourth-order valence-corrected chi connectivity index (χ4v) is 4.19. The van der Waals surface area contributed by atoms with Crippen molar-refractivity contribution in [3.63, 3.8) is 0 Å². The van der Waals surface area contributed by atoms with Crippen molar-refractivity contribution in [3.05, 3.63) is 64.8 Å². The molecule has 0 aliphatic heterocycles. The van der Waals surface area contributed by atoms with E-state index in [0.717, 1.165) is 36.8 Å². The van der Waals surface area contributed by atoms with E-state index in [-0.39, 0.29) is 17.4 Å². The van der Waals surface area contributed by atoms with Crippen LogP contribution in [-0.4, -0.2) is 22.6 Å². The number of aromatic nitrogens is 1. The lowest BCUT2D eigenvalue weighted by atomic mass is 9.90. The fraction of sp³-hybridized carbons (Fsp3) is 0.391. The summed E-state index contributed by atoms with van der Waals surface area (Å²) in [5.41, 5.74) is 7.70. The quantitative estimate of drug-likeness (QED) is 0.605. The van der Waals surface area contributed by atoms with Crippen LogP contribution in [-0.2, 0) is 16.6 Å². The number of amides is 1. The number of nitrogens with two attached hydrogens (primary N) is 1. The first-order valence-corrected chi connectivity index (χ1v) is 10.4. The Hall–Kier alpha value is -2.37. The van der Waals surface area contributed by atoms with Crippen molar-refractivity contribution >= 4 is 28.5 Å². The first-order chi connectivity index (χ1) is 13.8. The predicted octanol–water partition coefficient (Wildman–Crippen LogP) is 4.37. The fourth-order valence-electron chi connectivity index (χ4n) is 4.02. The molecular formula is C23H26ClN3O2. The summed E-state index contributed by atoms with van der Waals surface area (Å²) in [7, 11) is 0. The summed E-state index contributed by atoms with van der Waals surface area (Å²) < 4.78 is 5.57. The van der Waals surface area contributed by atoms with Crippen LogP contribution in [0, 0.1) is 0 Å². The van der Waals surface area contributed by atoms with Gasteiger partial charge < -0.3 is 15.6 Å². The summed E-state index contributed by atoms with van der Waals surface area (Å²) >= 11 is 6.23. The van der Waals surface area contributed by atoms with E-state index in [4.69, 9.17) is 21.9 Å². The molecule has 3 N–H and O–H groups in total. The Bertz CT molecular complexity index is 1030. The number of benzene rings is 2. The molecule has 1 fully saturated rings. The topological polar surface area (TPSA) is 81.2 Å². The highest BCUT2D eigenvalue weighted by atomic mass is 35.5. The lowest BCUT2D eigenvalue weighted by molar-refractivity contribution is -0.125. The van der Waals surface area contributed by atoms with E-state index in [1.807, 2.05) is 18.2 Å². The number of nitrogens with zero attached hydrogens (tertiary/aromatic N) is 1. The second-order valence-electron chi connectivity index (χ2n) is 8.62. The number of hydrogen-bond acceptors (Lipinski definition) is 4. The van der Waals surface area contributed by atoms with E-state index in [1.54, 1.807) is 19.9 Å². The normalized spacial score (nSPS) is 21.3. The third kappa shape index (κ3) is 4.02. The molecule has 0 saturated heterocycles. The number of nitrogens with one attached hydrogen (secondary N) is 1. The van der Waals surface area contributed by atoms with Crippen LogP contribution in [0.25, 0.3) is 11.0 Å². The van der Waals surface area contributed by atoms with E-state index in [9.17, 15) is 4.79 Å². The van der Waals surface area contributed by atoms with Gasteiger partial charge in [0.25, 0.3) is 0 Å². The minimum Gasteiger partial charge on any atom is -0.356 e. The average Bonchev–Trinajstić information content (AvgIpc) is 3.18. The molecule has 2 aromatic carbocycles. The number of hydrogen-bond donors (Lipinski definition) is 2. The maximum atomic E-state index is 12.5. The SMILES string of the molecule is CC(C)(N)C(=O)NC1CC1(CCCc1ccccc1)c1noc2ccc(Cl)cc12. The zero-order valence-electron chi connectivity index (χ0n) is 16.7. The van der Waals surface area contributed by atoms with Crippen molar-refractivity contribution in [2.45, 2.75) is 56.5 Å². The Morgan fingerprint density at radius 3 is 2.79 bits per heavy atom. The predicted molar refractivity (Wildman–Crippen MR) is 115 cm³/mol. The van der Waals surface area contributed by atoms with Crippen LogP contribution in [0.15, 0.2) is 53.1 Å². The molecule has 5 nitrogen and oxygen atoms in total. The van der Waals surface area contributed by atoms with Crippen LogP contribution in [0.3, 0.4) is 0 Å². The van der Waals surface area contributed by atoms with Crippen LogP contribution < -0.4 is 11.1 Å². The van der Waals surface area contributed by atoms with Gasteiger partial charge in [0.05, 0.1) is 11.2 Å². The molecule has 1 aliphatic carbocycles. The second kappa shape index (κ2) is 7.47. The first kappa shape index (κ1) is 19.9. The monoisotopic (exact) mass is 411 g/mol. The van der Waals surface area contributed by atoms with Gasteiger partial charge in [0.1, 0.15) is 0 Å². The lowest BCUT2D eigenvalue weighted by Gasteiger charge is -2.21. The van der Waals surface area contributed by atoms with Gasteiger partial charge in [0.15, 0.2) is 5.58 Å².